The fourth-order valence-corrected chi connectivity index (χ4v) is 3.44. The first-order valence-electron chi connectivity index (χ1n) is 11.3. The third-order valence-corrected chi connectivity index (χ3v) is 5.36. The quantitative estimate of drug-likeness (QED) is 0.289. The Kier molecular flexibility index (Phi) is 7.62. The molecule has 1 amide bonds. The molecule has 0 spiro atoms. The first-order valence-corrected chi connectivity index (χ1v) is 11.3. The van der Waals surface area contributed by atoms with E-state index in [0.717, 1.165) is 18.6 Å². The number of rotatable bonds is 10. The number of methoxy groups -OCH3 is 2. The monoisotopic (exact) mass is 473 g/mol. The van der Waals surface area contributed by atoms with Crippen LogP contribution in [-0.4, -0.2) is 36.9 Å². The van der Waals surface area contributed by atoms with Crippen LogP contribution in [0.4, 0.5) is 5.69 Å². The molecule has 0 saturated carbocycles. The van der Waals surface area contributed by atoms with Crippen molar-refractivity contribution in [3.05, 3.63) is 72.3 Å². The van der Waals surface area contributed by atoms with Gasteiger partial charge >= 0.3 is 0 Å². The summed E-state index contributed by atoms with van der Waals surface area (Å²) in [7, 11) is 3.14. The molecule has 0 unspecified atom stereocenters. The largest absolute Gasteiger partial charge is 0.494 e. The molecule has 1 N–H and O–H groups in total. The normalized spacial score (nSPS) is 10.6. The van der Waals surface area contributed by atoms with E-state index in [1.54, 1.807) is 56.7 Å². The summed E-state index contributed by atoms with van der Waals surface area (Å²) in [5.74, 6) is 2.33. The number of anilines is 1. The van der Waals surface area contributed by atoms with E-state index in [0.29, 0.717) is 46.3 Å². The number of ether oxygens (including phenoxy) is 3. The van der Waals surface area contributed by atoms with E-state index in [4.69, 9.17) is 18.7 Å². The van der Waals surface area contributed by atoms with Gasteiger partial charge in [-0.1, -0.05) is 30.6 Å². The van der Waals surface area contributed by atoms with Crippen molar-refractivity contribution in [1.82, 2.24) is 10.1 Å². The van der Waals surface area contributed by atoms with E-state index in [1.165, 1.54) is 0 Å². The van der Waals surface area contributed by atoms with Crippen molar-refractivity contribution < 1.29 is 23.5 Å². The van der Waals surface area contributed by atoms with Gasteiger partial charge in [-0.25, -0.2) is 0 Å². The Balaban J connectivity index is 1.52. The first-order chi connectivity index (χ1) is 17.1. The Morgan fingerprint density at radius 3 is 2.49 bits per heavy atom. The Morgan fingerprint density at radius 1 is 0.971 bits per heavy atom. The van der Waals surface area contributed by atoms with Crippen molar-refractivity contribution >= 4 is 11.6 Å². The lowest BCUT2D eigenvalue weighted by Crippen LogP contribution is -2.12. The van der Waals surface area contributed by atoms with Crippen LogP contribution >= 0.6 is 0 Å². The number of benzene rings is 3. The fourth-order valence-electron chi connectivity index (χ4n) is 3.44. The third-order valence-electron chi connectivity index (χ3n) is 5.36. The molecule has 8 nitrogen and oxygen atoms in total. The Labute approximate surface area is 203 Å². The van der Waals surface area contributed by atoms with E-state index in [9.17, 15) is 4.79 Å². The Morgan fingerprint density at radius 2 is 1.74 bits per heavy atom. The number of unbranched alkanes of at least 4 members (excludes halogenated alkanes) is 1. The highest BCUT2D eigenvalue weighted by Gasteiger charge is 2.17. The van der Waals surface area contributed by atoms with Gasteiger partial charge in [0.25, 0.3) is 11.8 Å². The molecular weight excluding hydrogens is 446 g/mol. The molecule has 35 heavy (non-hydrogen) atoms. The summed E-state index contributed by atoms with van der Waals surface area (Å²) in [4.78, 5) is 17.4. The van der Waals surface area contributed by atoms with Gasteiger partial charge < -0.3 is 24.1 Å². The first kappa shape index (κ1) is 23.8. The smallest absolute Gasteiger partial charge is 0.260 e. The average Bonchev–Trinajstić information content (AvgIpc) is 3.39. The lowest BCUT2D eigenvalue weighted by atomic mass is 10.1. The van der Waals surface area contributed by atoms with Gasteiger partial charge in [0, 0.05) is 11.1 Å². The zero-order valence-electron chi connectivity index (χ0n) is 19.9. The molecule has 0 fully saturated rings. The Hall–Kier alpha value is -4.33. The number of hydrogen-bond donors (Lipinski definition) is 1. The molecule has 0 saturated heterocycles. The molecule has 4 rings (SSSR count). The number of carbonyl (C=O) groups is 1. The maximum absolute atomic E-state index is 12.9. The number of nitrogens with zero attached hydrogens (tertiary/aromatic N) is 2. The predicted octanol–water partition coefficient (Wildman–Crippen LogP) is 5.85. The SMILES string of the molecule is CCCCOc1ccc(C(=O)Nc2ccccc2-c2nc(-c3ccc(OC)c(OC)c3)no2)cc1. The topological polar surface area (TPSA) is 95.7 Å². The highest BCUT2D eigenvalue weighted by atomic mass is 16.5. The molecule has 180 valence electrons. The van der Waals surface area contributed by atoms with Crippen LogP contribution in [-0.2, 0) is 0 Å². The van der Waals surface area contributed by atoms with Gasteiger partial charge in [-0.15, -0.1) is 0 Å². The van der Waals surface area contributed by atoms with E-state index in [1.807, 2.05) is 24.3 Å². The van der Waals surface area contributed by atoms with Crippen molar-refractivity contribution in [2.45, 2.75) is 19.8 Å². The van der Waals surface area contributed by atoms with Crippen LogP contribution < -0.4 is 19.5 Å². The lowest BCUT2D eigenvalue weighted by molar-refractivity contribution is 0.102. The number of hydrogen-bond acceptors (Lipinski definition) is 7. The summed E-state index contributed by atoms with van der Waals surface area (Å²) in [6, 6.07) is 19.7. The zero-order chi connectivity index (χ0) is 24.6. The van der Waals surface area contributed by atoms with Gasteiger partial charge in [-0.3, -0.25) is 4.79 Å². The molecule has 0 aliphatic rings. The molecule has 0 radical (unpaired) electrons. The van der Waals surface area contributed by atoms with Crippen molar-refractivity contribution in [1.29, 1.82) is 0 Å². The van der Waals surface area contributed by atoms with Crippen LogP contribution in [0.5, 0.6) is 17.2 Å². The number of amides is 1. The number of para-hydroxylation sites is 1. The van der Waals surface area contributed by atoms with Gasteiger partial charge in [-0.05, 0) is 61.0 Å². The van der Waals surface area contributed by atoms with E-state index in [-0.39, 0.29) is 11.8 Å². The highest BCUT2D eigenvalue weighted by molar-refractivity contribution is 6.06. The molecule has 0 bridgehead atoms. The van der Waals surface area contributed by atoms with Gasteiger partial charge in [0.1, 0.15) is 5.75 Å². The van der Waals surface area contributed by atoms with Gasteiger partial charge in [0.05, 0.1) is 32.1 Å². The van der Waals surface area contributed by atoms with Gasteiger partial charge in [0.15, 0.2) is 11.5 Å². The van der Waals surface area contributed by atoms with E-state index in [2.05, 4.69) is 22.4 Å². The molecule has 4 aromatic rings. The molecule has 0 aliphatic heterocycles. The van der Waals surface area contributed by atoms with Crippen molar-refractivity contribution in [2.75, 3.05) is 26.1 Å². The third kappa shape index (κ3) is 5.60. The predicted molar refractivity (Wildman–Crippen MR) is 133 cm³/mol. The summed E-state index contributed by atoms with van der Waals surface area (Å²) >= 11 is 0. The summed E-state index contributed by atoms with van der Waals surface area (Å²) < 4.78 is 21.8. The van der Waals surface area contributed by atoms with Crippen molar-refractivity contribution in [3.63, 3.8) is 0 Å². The van der Waals surface area contributed by atoms with Crippen LogP contribution in [0.3, 0.4) is 0 Å². The second kappa shape index (κ2) is 11.2. The van der Waals surface area contributed by atoms with Crippen molar-refractivity contribution in [2.24, 2.45) is 0 Å². The van der Waals surface area contributed by atoms with Crippen LogP contribution in [0, 0.1) is 0 Å². The molecule has 1 aromatic heterocycles. The minimum Gasteiger partial charge on any atom is -0.494 e. The summed E-state index contributed by atoms with van der Waals surface area (Å²) in [6.07, 6.45) is 2.05. The Bertz CT molecular complexity index is 1280. The van der Waals surface area contributed by atoms with Crippen molar-refractivity contribution in [3.8, 4) is 40.1 Å². The maximum Gasteiger partial charge on any atom is 0.260 e. The zero-order valence-corrected chi connectivity index (χ0v) is 19.9. The maximum atomic E-state index is 12.9. The molecule has 8 heteroatoms. The van der Waals surface area contributed by atoms with Gasteiger partial charge in [-0.2, -0.15) is 4.98 Å². The number of carbonyl (C=O) groups excluding carboxylic acids is 1. The fraction of sp³-hybridized carbons (Fsp3) is 0.222. The van der Waals surface area contributed by atoms with E-state index >= 15 is 0 Å². The average molecular weight is 474 g/mol. The van der Waals surface area contributed by atoms with Crippen LogP contribution in [0.1, 0.15) is 30.1 Å². The molecule has 1 heterocycles. The summed E-state index contributed by atoms with van der Waals surface area (Å²) in [5, 5.41) is 7.04. The molecule has 0 aliphatic carbocycles. The number of aromatic nitrogens is 2. The second-order valence-corrected chi connectivity index (χ2v) is 7.72. The molecule has 0 atom stereocenters. The summed E-state index contributed by atoms with van der Waals surface area (Å²) in [6.45, 7) is 2.77. The standard InChI is InChI=1S/C27H27N3O5/c1-4-5-16-34-20-13-10-18(11-14-20)26(31)28-22-9-7-6-8-21(22)27-29-25(30-35-27)19-12-15-23(32-2)24(17-19)33-3/h6-15,17H,4-5,16H2,1-3H3,(H,28,31). The minimum absolute atomic E-state index is 0.253. The minimum atomic E-state index is -0.253. The van der Waals surface area contributed by atoms with Crippen LogP contribution in [0.25, 0.3) is 22.8 Å². The van der Waals surface area contributed by atoms with E-state index < -0.39 is 0 Å². The highest BCUT2D eigenvalue weighted by Crippen LogP contribution is 2.33. The lowest BCUT2D eigenvalue weighted by Gasteiger charge is -2.10. The van der Waals surface area contributed by atoms with Crippen LogP contribution in [0.2, 0.25) is 0 Å². The summed E-state index contributed by atoms with van der Waals surface area (Å²) in [5.41, 5.74) is 2.39. The molecule has 3 aromatic carbocycles. The molecular formula is C27H27N3O5. The van der Waals surface area contributed by atoms with Crippen LogP contribution in [0.15, 0.2) is 71.3 Å². The number of nitrogens with one attached hydrogen (secondary N) is 1. The van der Waals surface area contributed by atoms with Gasteiger partial charge in [0.2, 0.25) is 5.82 Å². The second-order valence-electron chi connectivity index (χ2n) is 7.72.